The molecule has 0 aromatic carbocycles. The van der Waals surface area contributed by atoms with E-state index in [1.807, 2.05) is 0 Å². The molecule has 0 bridgehead atoms. The second-order valence-corrected chi connectivity index (χ2v) is 5.02. The summed E-state index contributed by atoms with van der Waals surface area (Å²) in [5, 5.41) is 2.83. The largest absolute Gasteiger partial charge is 0.382 e. The Kier molecular flexibility index (Phi) is 4.49. The van der Waals surface area contributed by atoms with Gasteiger partial charge >= 0.3 is 0 Å². The molecule has 1 fully saturated rings. The molecule has 1 aromatic heterocycles. The molecule has 7 heteroatoms. The van der Waals surface area contributed by atoms with E-state index in [9.17, 15) is 9.59 Å². The van der Waals surface area contributed by atoms with Crippen LogP contribution in [0.4, 0.5) is 5.82 Å². The molecule has 2 rings (SSSR count). The topological polar surface area (TPSA) is 124 Å². The number of hydrogen-bond donors (Lipinski definition) is 3. The number of rotatable bonds is 3. The molecule has 5 N–H and O–H groups in total. The van der Waals surface area contributed by atoms with E-state index in [4.69, 9.17) is 11.5 Å². The zero-order valence-electron chi connectivity index (χ0n) is 11.2. The van der Waals surface area contributed by atoms with E-state index in [1.165, 1.54) is 12.4 Å². The predicted molar refractivity (Wildman–Crippen MR) is 73.5 cm³/mol. The molecule has 0 saturated heterocycles. The fraction of sp³-hybridized carbons (Fsp3) is 0.538. The standard InChI is InChI=1S/C13H19N5O2/c14-11-10(16-6-7-17-11)13(20)18-9-5-3-1-2-4-8(9)12(15)19/h6-9H,1-5H2,(H2,14,17)(H2,15,19)(H,18,20)/t8-,9+/m1/s1. The van der Waals surface area contributed by atoms with E-state index in [1.54, 1.807) is 0 Å². The number of nitrogens with two attached hydrogens (primary N) is 2. The first-order valence-corrected chi connectivity index (χ1v) is 6.76. The van der Waals surface area contributed by atoms with Crippen LogP contribution in [0.25, 0.3) is 0 Å². The first-order valence-electron chi connectivity index (χ1n) is 6.76. The van der Waals surface area contributed by atoms with E-state index in [2.05, 4.69) is 15.3 Å². The summed E-state index contributed by atoms with van der Waals surface area (Å²) < 4.78 is 0. The molecule has 20 heavy (non-hydrogen) atoms. The number of nitrogens with one attached hydrogen (secondary N) is 1. The van der Waals surface area contributed by atoms with E-state index in [0.29, 0.717) is 6.42 Å². The Balaban J connectivity index is 2.12. The van der Waals surface area contributed by atoms with Crippen LogP contribution in [-0.2, 0) is 4.79 Å². The van der Waals surface area contributed by atoms with Crippen molar-refractivity contribution in [3.63, 3.8) is 0 Å². The zero-order valence-corrected chi connectivity index (χ0v) is 11.2. The number of primary amides is 1. The molecule has 108 valence electrons. The number of hydrogen-bond acceptors (Lipinski definition) is 5. The van der Waals surface area contributed by atoms with Crippen LogP contribution in [0, 0.1) is 5.92 Å². The summed E-state index contributed by atoms with van der Waals surface area (Å²) in [5.41, 5.74) is 11.1. The van der Waals surface area contributed by atoms with Crippen molar-refractivity contribution < 1.29 is 9.59 Å². The molecule has 0 aliphatic heterocycles. The third-order valence-corrected chi connectivity index (χ3v) is 3.64. The first kappa shape index (κ1) is 14.2. The van der Waals surface area contributed by atoms with Gasteiger partial charge in [-0.15, -0.1) is 0 Å². The van der Waals surface area contributed by atoms with Crippen LogP contribution in [0.1, 0.15) is 42.6 Å². The quantitative estimate of drug-likeness (QED) is 0.682. The van der Waals surface area contributed by atoms with Crippen molar-refractivity contribution in [3.05, 3.63) is 18.1 Å². The van der Waals surface area contributed by atoms with Crippen molar-refractivity contribution in [1.82, 2.24) is 15.3 Å². The van der Waals surface area contributed by atoms with Crippen LogP contribution in [0.15, 0.2) is 12.4 Å². The molecule has 2 atom stereocenters. The minimum Gasteiger partial charge on any atom is -0.382 e. The monoisotopic (exact) mass is 277 g/mol. The molecule has 7 nitrogen and oxygen atoms in total. The van der Waals surface area contributed by atoms with Crippen LogP contribution in [0.2, 0.25) is 0 Å². The van der Waals surface area contributed by atoms with Crippen LogP contribution < -0.4 is 16.8 Å². The summed E-state index contributed by atoms with van der Waals surface area (Å²) in [6.45, 7) is 0. The van der Waals surface area contributed by atoms with Crippen molar-refractivity contribution >= 4 is 17.6 Å². The van der Waals surface area contributed by atoms with Gasteiger partial charge in [-0.3, -0.25) is 9.59 Å². The summed E-state index contributed by atoms with van der Waals surface area (Å²) in [4.78, 5) is 31.4. The van der Waals surface area contributed by atoms with Gasteiger partial charge in [0.2, 0.25) is 5.91 Å². The Morgan fingerprint density at radius 1 is 1.15 bits per heavy atom. The third kappa shape index (κ3) is 3.23. The summed E-state index contributed by atoms with van der Waals surface area (Å²) in [5.74, 6) is -1.04. The van der Waals surface area contributed by atoms with Crippen LogP contribution in [0.3, 0.4) is 0 Å². The summed E-state index contributed by atoms with van der Waals surface area (Å²) in [7, 11) is 0. The number of carbonyl (C=O) groups is 2. The average Bonchev–Trinajstić information content (AvgIpc) is 2.64. The maximum atomic E-state index is 12.2. The first-order chi connectivity index (χ1) is 9.59. The smallest absolute Gasteiger partial charge is 0.273 e. The molecular weight excluding hydrogens is 258 g/mol. The minimum atomic E-state index is -0.409. The second-order valence-electron chi connectivity index (χ2n) is 5.02. The van der Waals surface area contributed by atoms with Gasteiger partial charge in [-0.05, 0) is 12.8 Å². The summed E-state index contributed by atoms with van der Waals surface area (Å²) in [6, 6.07) is -0.260. The molecule has 0 radical (unpaired) electrons. The number of nitrogens with zero attached hydrogens (tertiary/aromatic N) is 2. The summed E-state index contributed by atoms with van der Waals surface area (Å²) in [6.07, 6.45) is 7.23. The van der Waals surface area contributed by atoms with Gasteiger partial charge in [0.25, 0.3) is 5.91 Å². The molecule has 2 amide bonds. The van der Waals surface area contributed by atoms with Crippen molar-refractivity contribution in [2.45, 2.75) is 38.1 Å². The molecule has 0 unspecified atom stereocenters. The van der Waals surface area contributed by atoms with Crippen molar-refractivity contribution in [2.24, 2.45) is 11.7 Å². The molecule has 1 heterocycles. The number of carbonyl (C=O) groups excluding carboxylic acids is 2. The Bertz CT molecular complexity index is 505. The highest BCUT2D eigenvalue weighted by molar-refractivity contribution is 5.96. The van der Waals surface area contributed by atoms with E-state index < -0.39 is 5.91 Å². The Labute approximate surface area is 117 Å². The molecule has 1 aliphatic carbocycles. The number of aromatic nitrogens is 2. The molecule has 1 aliphatic rings. The highest BCUT2D eigenvalue weighted by Crippen LogP contribution is 2.23. The van der Waals surface area contributed by atoms with E-state index in [0.717, 1.165) is 25.7 Å². The molecule has 1 aromatic rings. The van der Waals surface area contributed by atoms with Gasteiger partial charge in [0.15, 0.2) is 11.5 Å². The molecule has 0 spiro atoms. The van der Waals surface area contributed by atoms with Crippen LogP contribution >= 0.6 is 0 Å². The van der Waals surface area contributed by atoms with Crippen LogP contribution in [-0.4, -0.2) is 27.8 Å². The van der Waals surface area contributed by atoms with Gasteiger partial charge in [0, 0.05) is 18.4 Å². The predicted octanol–water partition coefficient (Wildman–Crippen LogP) is 0.223. The average molecular weight is 277 g/mol. The number of amides is 2. The second kappa shape index (κ2) is 6.31. The van der Waals surface area contributed by atoms with Gasteiger partial charge in [-0.1, -0.05) is 19.3 Å². The SMILES string of the molecule is NC(=O)[C@@H]1CCCCC[C@@H]1NC(=O)c1nccnc1N. The van der Waals surface area contributed by atoms with E-state index in [-0.39, 0.29) is 29.4 Å². The Hall–Kier alpha value is -2.18. The van der Waals surface area contributed by atoms with E-state index >= 15 is 0 Å². The van der Waals surface area contributed by atoms with Gasteiger partial charge in [0.05, 0.1) is 5.92 Å². The fourth-order valence-corrected chi connectivity index (χ4v) is 2.58. The van der Waals surface area contributed by atoms with Crippen molar-refractivity contribution in [1.29, 1.82) is 0 Å². The maximum absolute atomic E-state index is 12.2. The highest BCUT2D eigenvalue weighted by Gasteiger charge is 2.30. The van der Waals surface area contributed by atoms with Crippen molar-refractivity contribution in [2.75, 3.05) is 5.73 Å². The zero-order chi connectivity index (χ0) is 14.5. The normalized spacial score (nSPS) is 22.8. The lowest BCUT2D eigenvalue weighted by Crippen LogP contribution is -2.45. The van der Waals surface area contributed by atoms with Crippen molar-refractivity contribution in [3.8, 4) is 0 Å². The van der Waals surface area contributed by atoms with Gasteiger partial charge in [-0.25, -0.2) is 9.97 Å². The van der Waals surface area contributed by atoms with Crippen LogP contribution in [0.5, 0.6) is 0 Å². The van der Waals surface area contributed by atoms with Gasteiger partial charge in [0.1, 0.15) is 0 Å². The lowest BCUT2D eigenvalue weighted by atomic mass is 9.94. The Morgan fingerprint density at radius 2 is 1.85 bits per heavy atom. The minimum absolute atomic E-state index is 0.0780. The number of anilines is 1. The Morgan fingerprint density at radius 3 is 2.55 bits per heavy atom. The molecule has 1 saturated carbocycles. The van der Waals surface area contributed by atoms with Gasteiger partial charge < -0.3 is 16.8 Å². The maximum Gasteiger partial charge on any atom is 0.273 e. The number of nitrogen functional groups attached to an aromatic ring is 1. The third-order valence-electron chi connectivity index (χ3n) is 3.64. The highest BCUT2D eigenvalue weighted by atomic mass is 16.2. The lowest BCUT2D eigenvalue weighted by Gasteiger charge is -2.23. The fourth-order valence-electron chi connectivity index (χ4n) is 2.58. The molecular formula is C13H19N5O2. The lowest BCUT2D eigenvalue weighted by molar-refractivity contribution is -0.122. The van der Waals surface area contributed by atoms with Gasteiger partial charge in [-0.2, -0.15) is 0 Å². The summed E-state index contributed by atoms with van der Waals surface area (Å²) >= 11 is 0.